The highest BCUT2D eigenvalue weighted by Crippen LogP contribution is 1.95. The summed E-state index contributed by atoms with van der Waals surface area (Å²) in [6.45, 7) is 3.08. The van der Waals surface area contributed by atoms with Crippen molar-refractivity contribution < 1.29 is 4.21 Å². The standard InChI is InChI=1S/C8H15N3OS/c1-8(7-9)13(12)6-5-11-4-2-3-10-11/h2-4,8H,5-7,9H2,1H3. The molecule has 0 aliphatic rings. The predicted molar refractivity (Wildman–Crippen MR) is 53.8 cm³/mol. The van der Waals surface area contributed by atoms with Crippen molar-refractivity contribution in [1.29, 1.82) is 0 Å². The van der Waals surface area contributed by atoms with Crippen molar-refractivity contribution in [3.8, 4) is 0 Å². The van der Waals surface area contributed by atoms with Crippen molar-refractivity contribution >= 4 is 10.8 Å². The van der Waals surface area contributed by atoms with Gasteiger partial charge in [0.05, 0.1) is 6.54 Å². The second-order valence-electron chi connectivity index (χ2n) is 2.90. The summed E-state index contributed by atoms with van der Waals surface area (Å²) in [5.41, 5.74) is 5.41. The highest BCUT2D eigenvalue weighted by atomic mass is 32.2. The van der Waals surface area contributed by atoms with E-state index in [1.54, 1.807) is 10.9 Å². The summed E-state index contributed by atoms with van der Waals surface area (Å²) in [4.78, 5) is 0. The molecule has 0 saturated heterocycles. The quantitative estimate of drug-likeness (QED) is 0.728. The molecule has 4 nitrogen and oxygen atoms in total. The maximum Gasteiger partial charge on any atom is 0.0524 e. The molecule has 0 aliphatic heterocycles. The Morgan fingerprint density at radius 1 is 1.69 bits per heavy atom. The van der Waals surface area contributed by atoms with Gasteiger partial charge in [0, 0.05) is 40.7 Å². The monoisotopic (exact) mass is 201 g/mol. The third kappa shape index (κ3) is 3.28. The van der Waals surface area contributed by atoms with Crippen molar-refractivity contribution in [2.45, 2.75) is 18.7 Å². The van der Waals surface area contributed by atoms with Gasteiger partial charge in [0.2, 0.25) is 0 Å². The number of nitrogens with two attached hydrogens (primary N) is 1. The molecule has 13 heavy (non-hydrogen) atoms. The lowest BCUT2D eigenvalue weighted by atomic mass is 10.5. The lowest BCUT2D eigenvalue weighted by Gasteiger charge is -2.07. The first-order valence-corrected chi connectivity index (χ1v) is 5.67. The molecule has 74 valence electrons. The Kier molecular flexibility index (Phi) is 4.11. The average molecular weight is 201 g/mol. The molecular formula is C8H15N3OS. The van der Waals surface area contributed by atoms with Crippen LogP contribution in [-0.2, 0) is 17.3 Å². The summed E-state index contributed by atoms with van der Waals surface area (Å²) < 4.78 is 13.2. The minimum absolute atomic E-state index is 0.0792. The van der Waals surface area contributed by atoms with Gasteiger partial charge < -0.3 is 5.73 Å². The summed E-state index contributed by atoms with van der Waals surface area (Å²) in [5, 5.41) is 4.10. The largest absolute Gasteiger partial charge is 0.329 e. The van der Waals surface area contributed by atoms with Crippen LogP contribution in [0.25, 0.3) is 0 Å². The van der Waals surface area contributed by atoms with Crippen molar-refractivity contribution in [3.05, 3.63) is 18.5 Å². The molecule has 0 bridgehead atoms. The van der Waals surface area contributed by atoms with E-state index in [0.29, 0.717) is 18.8 Å². The van der Waals surface area contributed by atoms with E-state index in [0.717, 1.165) is 0 Å². The van der Waals surface area contributed by atoms with Crippen LogP contribution in [-0.4, -0.2) is 31.5 Å². The first-order valence-electron chi connectivity index (χ1n) is 4.28. The van der Waals surface area contributed by atoms with E-state index in [2.05, 4.69) is 5.10 Å². The Bertz CT molecular complexity index is 260. The van der Waals surface area contributed by atoms with E-state index < -0.39 is 10.8 Å². The zero-order valence-electron chi connectivity index (χ0n) is 7.72. The van der Waals surface area contributed by atoms with Crippen LogP contribution >= 0.6 is 0 Å². The lowest BCUT2D eigenvalue weighted by Crippen LogP contribution is -2.25. The Labute approximate surface area is 80.6 Å². The molecule has 5 heteroatoms. The molecule has 2 unspecified atom stereocenters. The lowest BCUT2D eigenvalue weighted by molar-refractivity contribution is 0.638. The van der Waals surface area contributed by atoms with Gasteiger partial charge in [-0.3, -0.25) is 8.89 Å². The molecule has 0 saturated carbocycles. The van der Waals surface area contributed by atoms with Gasteiger partial charge in [-0.1, -0.05) is 0 Å². The van der Waals surface area contributed by atoms with Crippen LogP contribution in [0.2, 0.25) is 0 Å². The topological polar surface area (TPSA) is 60.9 Å². The fraction of sp³-hybridized carbons (Fsp3) is 0.625. The van der Waals surface area contributed by atoms with E-state index in [1.165, 1.54) is 0 Å². The minimum atomic E-state index is -0.835. The summed E-state index contributed by atoms with van der Waals surface area (Å²) in [6.07, 6.45) is 3.58. The van der Waals surface area contributed by atoms with Gasteiger partial charge in [0.1, 0.15) is 0 Å². The molecule has 0 aliphatic carbocycles. The molecule has 2 atom stereocenters. The zero-order valence-corrected chi connectivity index (χ0v) is 8.54. The second-order valence-corrected chi connectivity index (χ2v) is 4.87. The molecule has 1 rings (SSSR count). The van der Waals surface area contributed by atoms with Crippen molar-refractivity contribution in [2.24, 2.45) is 5.73 Å². The number of hydrogen-bond acceptors (Lipinski definition) is 3. The molecule has 1 aromatic heterocycles. The molecule has 0 fully saturated rings. The average Bonchev–Trinajstić information content (AvgIpc) is 2.65. The SMILES string of the molecule is CC(CN)S(=O)CCn1cccn1. The molecule has 0 amide bonds. The highest BCUT2D eigenvalue weighted by molar-refractivity contribution is 7.85. The normalized spacial score (nSPS) is 15.5. The highest BCUT2D eigenvalue weighted by Gasteiger charge is 2.08. The second kappa shape index (κ2) is 5.14. The molecule has 1 aromatic rings. The van der Waals surface area contributed by atoms with E-state index in [1.807, 2.05) is 19.2 Å². The fourth-order valence-corrected chi connectivity index (χ4v) is 1.91. The van der Waals surface area contributed by atoms with E-state index in [9.17, 15) is 4.21 Å². The molecule has 2 N–H and O–H groups in total. The van der Waals surface area contributed by atoms with Gasteiger partial charge in [-0.2, -0.15) is 5.10 Å². The Morgan fingerprint density at radius 3 is 3.00 bits per heavy atom. The smallest absolute Gasteiger partial charge is 0.0524 e. The van der Waals surface area contributed by atoms with Gasteiger partial charge in [-0.05, 0) is 13.0 Å². The van der Waals surface area contributed by atoms with Crippen molar-refractivity contribution in [1.82, 2.24) is 9.78 Å². The molecule has 1 heterocycles. The van der Waals surface area contributed by atoms with Gasteiger partial charge in [-0.25, -0.2) is 0 Å². The maximum atomic E-state index is 11.5. The predicted octanol–water partition coefficient (Wildman–Crippen LogP) is -0.0210. The van der Waals surface area contributed by atoms with Gasteiger partial charge in [-0.15, -0.1) is 0 Å². The van der Waals surface area contributed by atoms with Crippen LogP contribution in [0.1, 0.15) is 6.92 Å². The van der Waals surface area contributed by atoms with Gasteiger partial charge in [0.15, 0.2) is 0 Å². The third-order valence-electron chi connectivity index (χ3n) is 1.86. The van der Waals surface area contributed by atoms with Crippen molar-refractivity contribution in [2.75, 3.05) is 12.3 Å². The number of rotatable bonds is 5. The number of aromatic nitrogens is 2. The molecule has 0 spiro atoms. The Balaban J connectivity index is 2.31. The summed E-state index contributed by atoms with van der Waals surface area (Å²) in [7, 11) is -0.835. The van der Waals surface area contributed by atoms with Crippen molar-refractivity contribution in [3.63, 3.8) is 0 Å². The van der Waals surface area contributed by atoms with Gasteiger partial charge in [0.25, 0.3) is 0 Å². The number of aryl methyl sites for hydroxylation is 1. The van der Waals surface area contributed by atoms with E-state index in [4.69, 9.17) is 5.73 Å². The van der Waals surface area contributed by atoms with Gasteiger partial charge >= 0.3 is 0 Å². The summed E-state index contributed by atoms with van der Waals surface area (Å²) in [5.74, 6) is 0.625. The molecule has 0 radical (unpaired) electrons. The van der Waals surface area contributed by atoms with E-state index >= 15 is 0 Å². The van der Waals surface area contributed by atoms with E-state index in [-0.39, 0.29) is 5.25 Å². The summed E-state index contributed by atoms with van der Waals surface area (Å²) in [6, 6.07) is 1.86. The maximum absolute atomic E-state index is 11.5. The first-order chi connectivity index (χ1) is 6.24. The Hall–Kier alpha value is -0.680. The van der Waals surface area contributed by atoms with Crippen LogP contribution in [0.5, 0.6) is 0 Å². The zero-order chi connectivity index (χ0) is 9.68. The Morgan fingerprint density at radius 2 is 2.46 bits per heavy atom. The summed E-state index contributed by atoms with van der Waals surface area (Å²) >= 11 is 0. The first kappa shape index (κ1) is 10.4. The van der Waals surface area contributed by atoms with Crippen LogP contribution in [0.4, 0.5) is 0 Å². The van der Waals surface area contributed by atoms with Crippen LogP contribution < -0.4 is 5.73 Å². The number of nitrogens with zero attached hydrogens (tertiary/aromatic N) is 2. The number of hydrogen-bond donors (Lipinski definition) is 1. The molecule has 0 aromatic carbocycles. The molecular weight excluding hydrogens is 186 g/mol. The van der Waals surface area contributed by atoms with Crippen LogP contribution in [0, 0.1) is 0 Å². The van der Waals surface area contributed by atoms with Crippen LogP contribution in [0.3, 0.4) is 0 Å². The minimum Gasteiger partial charge on any atom is -0.329 e. The fourth-order valence-electron chi connectivity index (χ4n) is 0.925. The van der Waals surface area contributed by atoms with Crippen LogP contribution in [0.15, 0.2) is 18.5 Å². The third-order valence-corrected chi connectivity index (χ3v) is 3.54.